The second kappa shape index (κ2) is 8.24. The molecule has 0 aromatic carbocycles. The molecule has 2 aromatic heterocycles. The van der Waals surface area contributed by atoms with E-state index in [4.69, 9.17) is 4.52 Å². The van der Waals surface area contributed by atoms with Crippen molar-refractivity contribution in [2.24, 2.45) is 0 Å². The normalized spacial score (nSPS) is 14.1. The molecule has 0 spiro atoms. The van der Waals surface area contributed by atoms with Crippen LogP contribution in [0.5, 0.6) is 0 Å². The van der Waals surface area contributed by atoms with Gasteiger partial charge in [-0.25, -0.2) is 13.9 Å². The molecule has 0 amide bonds. The number of rotatable bonds is 7. The van der Waals surface area contributed by atoms with E-state index < -0.39 is 46.7 Å². The number of aromatic nitrogens is 2. The van der Waals surface area contributed by atoms with Gasteiger partial charge in [0.2, 0.25) is 5.95 Å². The molecule has 0 aliphatic rings. The molecular formula is C17H22FN3O5S. The zero-order chi connectivity index (χ0) is 20.4. The van der Waals surface area contributed by atoms with Crippen LogP contribution in [0.2, 0.25) is 0 Å². The molecule has 10 heteroatoms. The maximum Gasteiger partial charge on any atom is 0.305 e. The average molecular weight is 399 g/mol. The van der Waals surface area contributed by atoms with E-state index in [9.17, 15) is 23.6 Å². The molecule has 148 valence electrons. The van der Waals surface area contributed by atoms with E-state index >= 15 is 0 Å². The smallest absolute Gasteiger partial charge is 0.305 e. The summed E-state index contributed by atoms with van der Waals surface area (Å²) in [6, 6.07) is 0.512. The van der Waals surface area contributed by atoms with Gasteiger partial charge in [0.1, 0.15) is 0 Å². The third-order valence-corrected chi connectivity index (χ3v) is 5.43. The maximum atomic E-state index is 14.0. The first-order valence-electron chi connectivity index (χ1n) is 8.16. The highest BCUT2D eigenvalue weighted by molar-refractivity contribution is 7.84. The molecule has 0 saturated carbocycles. The predicted octanol–water partition coefficient (Wildman–Crippen LogP) is 2.24. The molecule has 2 heterocycles. The van der Waals surface area contributed by atoms with E-state index in [0.717, 1.165) is 0 Å². The number of aliphatic hydroxyl groups excluding tert-OH is 1. The number of hydrogen-bond donors (Lipinski definition) is 3. The molecule has 2 rings (SSSR count). The first kappa shape index (κ1) is 21.1. The van der Waals surface area contributed by atoms with Gasteiger partial charge in [-0.15, -0.1) is 0 Å². The Morgan fingerprint density at radius 2 is 2.11 bits per heavy atom. The molecule has 0 aliphatic carbocycles. The van der Waals surface area contributed by atoms with E-state index in [1.54, 1.807) is 27.7 Å². The highest BCUT2D eigenvalue weighted by atomic mass is 32.2. The Morgan fingerprint density at radius 1 is 1.44 bits per heavy atom. The van der Waals surface area contributed by atoms with Crippen molar-refractivity contribution in [3.8, 4) is 11.1 Å². The lowest BCUT2D eigenvalue weighted by atomic mass is 9.96. The Balaban J connectivity index is 2.58. The molecule has 2 aromatic rings. The Bertz CT molecular complexity index is 863. The monoisotopic (exact) mass is 399 g/mol. The fraction of sp³-hybridized carbons (Fsp3) is 0.471. The lowest BCUT2D eigenvalue weighted by Crippen LogP contribution is -2.36. The second-order valence-electron chi connectivity index (χ2n) is 6.94. The molecule has 0 radical (unpaired) electrons. The summed E-state index contributed by atoms with van der Waals surface area (Å²) in [5.41, 5.74) is 0.947. The van der Waals surface area contributed by atoms with Crippen LogP contribution in [0, 0.1) is 12.9 Å². The van der Waals surface area contributed by atoms with E-state index in [2.05, 4.69) is 14.9 Å². The van der Waals surface area contributed by atoms with Gasteiger partial charge in [0.15, 0.2) is 5.76 Å². The van der Waals surface area contributed by atoms with Crippen molar-refractivity contribution in [2.75, 3.05) is 0 Å². The fourth-order valence-electron chi connectivity index (χ4n) is 2.47. The van der Waals surface area contributed by atoms with Crippen molar-refractivity contribution >= 4 is 17.0 Å². The first-order chi connectivity index (χ1) is 12.6. The molecule has 3 N–H and O–H groups in total. The summed E-state index contributed by atoms with van der Waals surface area (Å²) in [4.78, 5) is 14.9. The average Bonchev–Trinajstić information content (AvgIpc) is 2.94. The number of halogens is 1. The van der Waals surface area contributed by atoms with Crippen LogP contribution in [-0.2, 0) is 22.4 Å². The zero-order valence-corrected chi connectivity index (χ0v) is 16.3. The van der Waals surface area contributed by atoms with Crippen LogP contribution < -0.4 is 4.72 Å². The molecule has 2 atom stereocenters. The third kappa shape index (κ3) is 4.76. The van der Waals surface area contributed by atoms with Crippen molar-refractivity contribution in [1.82, 2.24) is 14.9 Å². The van der Waals surface area contributed by atoms with Gasteiger partial charge in [-0.2, -0.15) is 4.39 Å². The number of nitrogens with one attached hydrogen (secondary N) is 1. The van der Waals surface area contributed by atoms with Crippen LogP contribution in [0.25, 0.3) is 11.1 Å². The lowest BCUT2D eigenvalue weighted by Gasteiger charge is -2.23. The number of aliphatic hydroxyl groups is 1. The summed E-state index contributed by atoms with van der Waals surface area (Å²) in [6.45, 7) is 6.22. The molecule has 0 bridgehead atoms. The first-order valence-corrected chi connectivity index (χ1v) is 9.31. The summed E-state index contributed by atoms with van der Waals surface area (Å²) >= 11 is 0. The summed E-state index contributed by atoms with van der Waals surface area (Å²) in [5.74, 6) is -1.88. The van der Waals surface area contributed by atoms with Gasteiger partial charge in [0.05, 0.1) is 40.5 Å². The van der Waals surface area contributed by atoms with Gasteiger partial charge < -0.3 is 14.7 Å². The van der Waals surface area contributed by atoms with Gasteiger partial charge >= 0.3 is 5.97 Å². The van der Waals surface area contributed by atoms with Crippen LogP contribution in [0.1, 0.15) is 50.3 Å². The number of nitrogens with zero attached hydrogens (tertiary/aromatic N) is 2. The molecule has 8 nitrogen and oxygen atoms in total. The molecule has 0 fully saturated rings. The molecule has 2 unspecified atom stereocenters. The van der Waals surface area contributed by atoms with E-state index in [0.29, 0.717) is 11.3 Å². The highest BCUT2D eigenvalue weighted by Gasteiger charge is 2.31. The number of carbonyl (C=O) groups is 1. The van der Waals surface area contributed by atoms with Crippen molar-refractivity contribution in [3.05, 3.63) is 35.2 Å². The molecular weight excluding hydrogens is 377 g/mol. The zero-order valence-electron chi connectivity index (χ0n) is 15.4. The van der Waals surface area contributed by atoms with Crippen molar-refractivity contribution in [1.29, 1.82) is 0 Å². The van der Waals surface area contributed by atoms with Gasteiger partial charge in [-0.3, -0.25) is 4.79 Å². The fourth-order valence-corrected chi connectivity index (χ4v) is 3.28. The number of hydrogen-bond acceptors (Lipinski definition) is 6. The van der Waals surface area contributed by atoms with Crippen molar-refractivity contribution < 1.29 is 28.1 Å². The standard InChI is InChI=1S/C17H22FN3O5S/c1-9-14(10-5-6-19-16(18)11(10)8-22)15(26-20-9)12(7-13(23)24)21-27(25)17(2,3)4/h5-6,12,21-22H,7-8H2,1-4H3,(H,23,24). The lowest BCUT2D eigenvalue weighted by molar-refractivity contribution is -0.137. The van der Waals surface area contributed by atoms with Crippen LogP contribution in [0.15, 0.2) is 16.8 Å². The minimum absolute atomic E-state index is 0.0592. The molecule has 0 aliphatic heterocycles. The third-order valence-electron chi connectivity index (χ3n) is 3.82. The Kier molecular flexibility index (Phi) is 6.45. The number of carboxylic acid groups (broad SMARTS) is 1. The maximum absolute atomic E-state index is 14.0. The van der Waals surface area contributed by atoms with Crippen LogP contribution in [0.4, 0.5) is 4.39 Å². The van der Waals surface area contributed by atoms with E-state index in [1.807, 2.05) is 0 Å². The summed E-state index contributed by atoms with van der Waals surface area (Å²) < 4.78 is 33.9. The second-order valence-corrected chi connectivity index (χ2v) is 8.94. The van der Waals surface area contributed by atoms with Crippen molar-refractivity contribution in [2.45, 2.75) is 51.5 Å². The molecule has 0 saturated heterocycles. The summed E-state index contributed by atoms with van der Waals surface area (Å²) in [5, 5.41) is 22.7. The SMILES string of the molecule is Cc1noc(C(CC(=O)O)NS(=O)C(C)(C)C)c1-c1ccnc(F)c1CO. The van der Waals surface area contributed by atoms with E-state index in [-0.39, 0.29) is 16.9 Å². The van der Waals surface area contributed by atoms with Gasteiger partial charge in [-0.05, 0) is 39.3 Å². The quantitative estimate of drug-likeness (QED) is 0.610. The molecule has 27 heavy (non-hydrogen) atoms. The van der Waals surface area contributed by atoms with Gasteiger partial charge in [0, 0.05) is 17.3 Å². The minimum Gasteiger partial charge on any atom is -0.481 e. The van der Waals surface area contributed by atoms with Crippen LogP contribution in [0.3, 0.4) is 0 Å². The Hall–Kier alpha value is -2.17. The van der Waals surface area contributed by atoms with Gasteiger partial charge in [-0.1, -0.05) is 5.16 Å². The van der Waals surface area contributed by atoms with Crippen molar-refractivity contribution in [3.63, 3.8) is 0 Å². The van der Waals surface area contributed by atoms with Crippen LogP contribution >= 0.6 is 0 Å². The minimum atomic E-state index is -1.59. The Labute approximate surface area is 158 Å². The highest BCUT2D eigenvalue weighted by Crippen LogP contribution is 2.36. The number of pyridine rings is 1. The number of aryl methyl sites for hydroxylation is 1. The largest absolute Gasteiger partial charge is 0.481 e. The summed E-state index contributed by atoms with van der Waals surface area (Å²) in [6.07, 6.45) is 0.804. The van der Waals surface area contributed by atoms with Gasteiger partial charge in [0.25, 0.3) is 0 Å². The topological polar surface area (TPSA) is 126 Å². The Morgan fingerprint density at radius 3 is 2.67 bits per heavy atom. The number of carboxylic acids is 1. The number of aliphatic carboxylic acids is 1. The summed E-state index contributed by atoms with van der Waals surface area (Å²) in [7, 11) is -1.59. The van der Waals surface area contributed by atoms with Crippen LogP contribution in [-0.4, -0.2) is 35.3 Å². The van der Waals surface area contributed by atoms with E-state index in [1.165, 1.54) is 12.3 Å². The predicted molar refractivity (Wildman–Crippen MR) is 96.4 cm³/mol.